The van der Waals surface area contributed by atoms with Crippen LogP contribution in [0.4, 0.5) is 0 Å². The Morgan fingerprint density at radius 2 is 2.04 bits per heavy atom. The highest BCUT2D eigenvalue weighted by Gasteiger charge is 2.33. The number of nitrogens with zero attached hydrogens (tertiary/aromatic N) is 4. The Balaban J connectivity index is 1.46. The molecule has 3 heterocycles. The van der Waals surface area contributed by atoms with Crippen molar-refractivity contribution in [3.8, 4) is 0 Å². The number of carbonyl (C=O) groups is 1. The third-order valence-electron chi connectivity index (χ3n) is 5.01. The molecule has 0 radical (unpaired) electrons. The number of fused-ring (bicyclic) bond motifs is 1. The lowest BCUT2D eigenvalue weighted by molar-refractivity contribution is 0.0938. The van der Waals surface area contributed by atoms with E-state index in [0.29, 0.717) is 18.2 Å². The summed E-state index contributed by atoms with van der Waals surface area (Å²) in [4.78, 5) is 27.8. The number of hydrogen-bond donors (Lipinski definition) is 1. The molecule has 0 unspecified atom stereocenters. The topological polar surface area (TPSA) is 71.0 Å². The standard InChI is InChI=1S/C20H21N5O/c1-25-10-8-15(19(25)14-5-4-9-21-11-14)12-23-20(26)18-13-22-16-6-2-3-7-17(16)24-18/h2-7,9,11,13,15,19H,8,10,12H2,1H3,(H,23,26)/t15-,19-/m0/s1. The van der Waals surface area contributed by atoms with Crippen molar-refractivity contribution in [3.05, 3.63) is 66.2 Å². The number of nitrogens with one attached hydrogen (secondary N) is 1. The third-order valence-corrected chi connectivity index (χ3v) is 5.01. The Labute approximate surface area is 152 Å². The van der Waals surface area contributed by atoms with Crippen molar-refractivity contribution in [2.45, 2.75) is 12.5 Å². The van der Waals surface area contributed by atoms with Crippen LogP contribution < -0.4 is 5.32 Å². The Hall–Kier alpha value is -2.86. The molecule has 2 aromatic heterocycles. The van der Waals surface area contributed by atoms with Gasteiger partial charge in [0.2, 0.25) is 0 Å². The molecule has 1 aliphatic heterocycles. The summed E-state index contributed by atoms with van der Waals surface area (Å²) in [5.74, 6) is 0.171. The monoisotopic (exact) mass is 347 g/mol. The summed E-state index contributed by atoms with van der Waals surface area (Å²) < 4.78 is 0. The van der Waals surface area contributed by atoms with E-state index in [9.17, 15) is 4.79 Å². The Kier molecular flexibility index (Phi) is 4.58. The van der Waals surface area contributed by atoms with Gasteiger partial charge in [-0.25, -0.2) is 4.98 Å². The summed E-state index contributed by atoms with van der Waals surface area (Å²) in [5.41, 5.74) is 3.07. The van der Waals surface area contributed by atoms with E-state index in [-0.39, 0.29) is 11.9 Å². The van der Waals surface area contributed by atoms with Crippen molar-refractivity contribution in [1.29, 1.82) is 0 Å². The van der Waals surface area contributed by atoms with E-state index < -0.39 is 0 Å². The summed E-state index contributed by atoms with van der Waals surface area (Å²) in [6.45, 7) is 1.62. The normalized spacial score (nSPS) is 20.3. The number of carbonyl (C=O) groups excluding carboxylic acids is 1. The SMILES string of the molecule is CN1CC[C@@H](CNC(=O)c2cnc3ccccc3n2)[C@@H]1c1cccnc1. The van der Waals surface area contributed by atoms with Crippen LogP contribution in [0.15, 0.2) is 55.0 Å². The molecule has 0 aliphatic carbocycles. The quantitative estimate of drug-likeness (QED) is 0.785. The van der Waals surface area contributed by atoms with Crippen LogP contribution in [0.1, 0.15) is 28.5 Å². The Morgan fingerprint density at radius 3 is 2.85 bits per heavy atom. The first-order chi connectivity index (χ1) is 12.7. The molecule has 0 saturated carbocycles. The van der Waals surface area contributed by atoms with Gasteiger partial charge in [0.05, 0.1) is 17.2 Å². The molecule has 0 spiro atoms. The number of para-hydroxylation sites is 2. The van der Waals surface area contributed by atoms with Crippen LogP contribution in [-0.4, -0.2) is 45.9 Å². The molecule has 6 nitrogen and oxygen atoms in total. The summed E-state index contributed by atoms with van der Waals surface area (Å²) in [6, 6.07) is 11.9. The fraction of sp³-hybridized carbons (Fsp3) is 0.300. The zero-order valence-corrected chi connectivity index (χ0v) is 14.7. The van der Waals surface area contributed by atoms with Gasteiger partial charge in [0.15, 0.2) is 0 Å². The highest BCUT2D eigenvalue weighted by atomic mass is 16.1. The minimum Gasteiger partial charge on any atom is -0.350 e. The second-order valence-electron chi connectivity index (χ2n) is 6.71. The van der Waals surface area contributed by atoms with Gasteiger partial charge in [-0.15, -0.1) is 0 Å². The molecule has 1 N–H and O–H groups in total. The van der Waals surface area contributed by atoms with Gasteiger partial charge >= 0.3 is 0 Å². The van der Waals surface area contributed by atoms with Crippen molar-refractivity contribution in [1.82, 2.24) is 25.2 Å². The molecule has 0 bridgehead atoms. The maximum atomic E-state index is 12.5. The maximum absolute atomic E-state index is 12.5. The van der Waals surface area contributed by atoms with E-state index in [1.165, 1.54) is 11.8 Å². The molecular formula is C20H21N5O. The summed E-state index contributed by atoms with van der Waals surface area (Å²) in [5, 5.41) is 3.04. The first kappa shape index (κ1) is 16.6. The first-order valence-electron chi connectivity index (χ1n) is 8.82. The smallest absolute Gasteiger partial charge is 0.271 e. The lowest BCUT2D eigenvalue weighted by Crippen LogP contribution is -2.33. The Bertz CT molecular complexity index is 914. The van der Waals surface area contributed by atoms with Crippen molar-refractivity contribution in [2.24, 2.45) is 5.92 Å². The molecule has 6 heteroatoms. The van der Waals surface area contributed by atoms with Gasteiger partial charge in [-0.1, -0.05) is 18.2 Å². The van der Waals surface area contributed by atoms with Gasteiger partial charge in [0.25, 0.3) is 5.91 Å². The van der Waals surface area contributed by atoms with E-state index in [4.69, 9.17) is 0 Å². The van der Waals surface area contributed by atoms with Crippen molar-refractivity contribution >= 4 is 16.9 Å². The van der Waals surface area contributed by atoms with Crippen LogP contribution in [0.5, 0.6) is 0 Å². The molecule has 1 fully saturated rings. The average molecular weight is 347 g/mol. The fourth-order valence-electron chi connectivity index (χ4n) is 3.70. The van der Waals surface area contributed by atoms with Crippen molar-refractivity contribution in [2.75, 3.05) is 20.1 Å². The minimum absolute atomic E-state index is 0.178. The van der Waals surface area contributed by atoms with Crippen LogP contribution in [0.25, 0.3) is 11.0 Å². The van der Waals surface area contributed by atoms with Crippen LogP contribution in [0.2, 0.25) is 0 Å². The van der Waals surface area contributed by atoms with E-state index in [1.807, 2.05) is 36.5 Å². The van der Waals surface area contributed by atoms with Gasteiger partial charge in [0, 0.05) is 25.0 Å². The fourth-order valence-corrected chi connectivity index (χ4v) is 3.70. The summed E-state index contributed by atoms with van der Waals surface area (Å²) in [6.07, 6.45) is 6.28. The number of rotatable bonds is 4. The van der Waals surface area contributed by atoms with Gasteiger partial charge in [-0.05, 0) is 49.7 Å². The molecule has 1 amide bonds. The van der Waals surface area contributed by atoms with Gasteiger partial charge in [-0.3, -0.25) is 19.7 Å². The van der Waals surface area contributed by atoms with Gasteiger partial charge in [0.1, 0.15) is 5.69 Å². The first-order valence-corrected chi connectivity index (χ1v) is 8.82. The maximum Gasteiger partial charge on any atom is 0.271 e. The van der Waals surface area contributed by atoms with Crippen LogP contribution >= 0.6 is 0 Å². The lowest BCUT2D eigenvalue weighted by atomic mass is 9.95. The molecule has 3 aromatic rings. The molecule has 1 saturated heterocycles. The minimum atomic E-state index is -0.178. The second kappa shape index (κ2) is 7.17. The van der Waals surface area contributed by atoms with Crippen LogP contribution in [0.3, 0.4) is 0 Å². The highest BCUT2D eigenvalue weighted by Crippen LogP contribution is 2.35. The van der Waals surface area contributed by atoms with E-state index in [0.717, 1.165) is 24.0 Å². The second-order valence-corrected chi connectivity index (χ2v) is 6.71. The predicted octanol–water partition coefficient (Wildman–Crippen LogP) is 2.45. The number of likely N-dealkylation sites (tertiary alicyclic amines) is 1. The molecule has 132 valence electrons. The highest BCUT2D eigenvalue weighted by molar-refractivity contribution is 5.93. The zero-order chi connectivity index (χ0) is 17.9. The summed E-state index contributed by atoms with van der Waals surface area (Å²) in [7, 11) is 2.12. The largest absolute Gasteiger partial charge is 0.350 e. The molecule has 2 atom stereocenters. The molecule has 4 rings (SSSR count). The Morgan fingerprint density at radius 1 is 1.19 bits per heavy atom. The number of amides is 1. The lowest BCUT2D eigenvalue weighted by Gasteiger charge is -2.25. The molecular weight excluding hydrogens is 326 g/mol. The van der Waals surface area contributed by atoms with Crippen LogP contribution in [-0.2, 0) is 0 Å². The summed E-state index contributed by atoms with van der Waals surface area (Å²) >= 11 is 0. The molecule has 26 heavy (non-hydrogen) atoms. The van der Waals surface area contributed by atoms with Crippen molar-refractivity contribution < 1.29 is 4.79 Å². The van der Waals surface area contributed by atoms with E-state index >= 15 is 0 Å². The number of aromatic nitrogens is 3. The number of pyridine rings is 1. The van der Waals surface area contributed by atoms with Crippen LogP contribution in [0, 0.1) is 5.92 Å². The van der Waals surface area contributed by atoms with Gasteiger partial charge in [-0.2, -0.15) is 0 Å². The van der Waals surface area contributed by atoms with Crippen molar-refractivity contribution in [3.63, 3.8) is 0 Å². The predicted molar refractivity (Wildman–Crippen MR) is 99.6 cm³/mol. The van der Waals surface area contributed by atoms with Gasteiger partial charge < -0.3 is 5.32 Å². The van der Waals surface area contributed by atoms with E-state index in [2.05, 4.69) is 38.3 Å². The molecule has 1 aromatic carbocycles. The third kappa shape index (κ3) is 3.28. The average Bonchev–Trinajstić information content (AvgIpc) is 3.06. The zero-order valence-electron chi connectivity index (χ0n) is 14.7. The number of benzene rings is 1. The number of hydrogen-bond acceptors (Lipinski definition) is 5. The van der Waals surface area contributed by atoms with E-state index in [1.54, 1.807) is 6.20 Å². The molecule has 1 aliphatic rings.